The number of methoxy groups -OCH3 is 1. The van der Waals surface area contributed by atoms with Crippen molar-refractivity contribution in [2.45, 2.75) is 20.3 Å². The van der Waals surface area contributed by atoms with Crippen LogP contribution in [0.5, 0.6) is 5.75 Å². The van der Waals surface area contributed by atoms with Gasteiger partial charge in [-0.15, -0.1) is 0 Å². The Morgan fingerprint density at radius 2 is 1.67 bits per heavy atom. The van der Waals surface area contributed by atoms with E-state index in [-0.39, 0.29) is 17.7 Å². The highest BCUT2D eigenvalue weighted by Gasteiger charge is 2.25. The van der Waals surface area contributed by atoms with Gasteiger partial charge >= 0.3 is 0 Å². The first-order valence-electron chi connectivity index (χ1n) is 7.96. The minimum Gasteiger partial charge on any atom is -0.495 e. The van der Waals surface area contributed by atoms with Gasteiger partial charge < -0.3 is 14.5 Å². The minimum atomic E-state index is -0.177. The summed E-state index contributed by atoms with van der Waals surface area (Å²) < 4.78 is 5.10. The molecule has 2 amide bonds. The summed E-state index contributed by atoms with van der Waals surface area (Å²) in [5, 5.41) is 0.650. The van der Waals surface area contributed by atoms with Crippen LogP contribution in [0.15, 0.2) is 12.1 Å². The zero-order chi connectivity index (χ0) is 17.9. The lowest BCUT2D eigenvalue weighted by molar-refractivity contribution is -0.134. The minimum absolute atomic E-state index is 0.0397. The molecule has 0 saturated carbocycles. The first-order chi connectivity index (χ1) is 11.3. The van der Waals surface area contributed by atoms with E-state index in [9.17, 15) is 9.59 Å². The van der Waals surface area contributed by atoms with Gasteiger partial charge in [0.05, 0.1) is 22.7 Å². The Morgan fingerprint density at radius 1 is 1.04 bits per heavy atom. The fourth-order valence-electron chi connectivity index (χ4n) is 2.73. The van der Waals surface area contributed by atoms with Gasteiger partial charge in [0.1, 0.15) is 5.75 Å². The second kappa shape index (κ2) is 8.08. The molecule has 1 aromatic carbocycles. The lowest BCUT2D eigenvalue weighted by Crippen LogP contribution is -2.39. The van der Waals surface area contributed by atoms with E-state index < -0.39 is 0 Å². The van der Waals surface area contributed by atoms with E-state index in [4.69, 9.17) is 27.9 Å². The molecule has 1 aliphatic heterocycles. The third-order valence-electron chi connectivity index (χ3n) is 4.06. The number of rotatable bonds is 3. The molecule has 1 aliphatic rings. The van der Waals surface area contributed by atoms with Crippen molar-refractivity contribution in [3.8, 4) is 5.75 Å². The fourth-order valence-corrected chi connectivity index (χ4v) is 3.20. The number of benzene rings is 1. The van der Waals surface area contributed by atoms with Crippen molar-refractivity contribution < 1.29 is 14.3 Å². The standard InChI is InChI=1S/C17H22Cl2N2O3/c1-11(2)16(22)20-5-4-6-21(8-7-20)17(23)12-9-14(19)15(24-3)10-13(12)18/h9-11H,4-8H2,1-3H3. The lowest BCUT2D eigenvalue weighted by atomic mass is 10.1. The summed E-state index contributed by atoms with van der Waals surface area (Å²) in [7, 11) is 1.49. The maximum atomic E-state index is 12.8. The van der Waals surface area contributed by atoms with Crippen molar-refractivity contribution in [2.75, 3.05) is 33.3 Å². The SMILES string of the molecule is COc1cc(Cl)c(C(=O)N2CCCN(C(=O)C(C)C)CC2)cc1Cl. The van der Waals surface area contributed by atoms with Gasteiger partial charge in [-0.1, -0.05) is 37.0 Å². The zero-order valence-electron chi connectivity index (χ0n) is 14.1. The van der Waals surface area contributed by atoms with Crippen LogP contribution < -0.4 is 4.74 Å². The highest BCUT2D eigenvalue weighted by molar-refractivity contribution is 6.36. The smallest absolute Gasteiger partial charge is 0.255 e. The van der Waals surface area contributed by atoms with Crippen LogP contribution in [-0.2, 0) is 4.79 Å². The van der Waals surface area contributed by atoms with Crippen molar-refractivity contribution in [2.24, 2.45) is 5.92 Å². The molecular formula is C17H22Cl2N2O3. The molecule has 2 rings (SSSR count). The zero-order valence-corrected chi connectivity index (χ0v) is 15.7. The number of hydrogen-bond donors (Lipinski definition) is 0. The Bertz CT molecular complexity index is 635. The number of ether oxygens (including phenoxy) is 1. The van der Waals surface area contributed by atoms with E-state index in [1.54, 1.807) is 11.0 Å². The molecule has 1 heterocycles. The van der Waals surface area contributed by atoms with Crippen molar-refractivity contribution in [1.82, 2.24) is 9.80 Å². The average Bonchev–Trinajstić information content (AvgIpc) is 2.81. The maximum Gasteiger partial charge on any atom is 0.255 e. The van der Waals surface area contributed by atoms with Crippen molar-refractivity contribution in [3.63, 3.8) is 0 Å². The molecule has 132 valence electrons. The summed E-state index contributed by atoms with van der Waals surface area (Å²) in [5.74, 6) is 0.336. The van der Waals surface area contributed by atoms with E-state index in [1.165, 1.54) is 13.2 Å². The molecule has 7 heteroatoms. The summed E-state index contributed by atoms with van der Waals surface area (Å²) in [4.78, 5) is 28.5. The predicted octanol–water partition coefficient (Wildman–Crippen LogP) is 3.33. The quantitative estimate of drug-likeness (QED) is 0.817. The summed E-state index contributed by atoms with van der Waals surface area (Å²) in [5.41, 5.74) is 0.353. The molecule has 0 N–H and O–H groups in total. The first kappa shape index (κ1) is 18.9. The molecule has 0 atom stereocenters. The topological polar surface area (TPSA) is 49.9 Å². The van der Waals surface area contributed by atoms with Gasteiger partial charge in [-0.05, 0) is 12.5 Å². The largest absolute Gasteiger partial charge is 0.495 e. The van der Waals surface area contributed by atoms with Crippen LogP contribution in [0, 0.1) is 5.92 Å². The van der Waals surface area contributed by atoms with Crippen LogP contribution in [0.2, 0.25) is 10.0 Å². The normalized spacial score (nSPS) is 15.4. The fraction of sp³-hybridized carbons (Fsp3) is 0.529. The van der Waals surface area contributed by atoms with E-state index in [0.717, 1.165) is 6.42 Å². The van der Waals surface area contributed by atoms with Gasteiger partial charge in [0, 0.05) is 38.2 Å². The highest BCUT2D eigenvalue weighted by atomic mass is 35.5. The van der Waals surface area contributed by atoms with Crippen LogP contribution in [0.25, 0.3) is 0 Å². The van der Waals surface area contributed by atoms with Gasteiger partial charge in [0.2, 0.25) is 5.91 Å². The van der Waals surface area contributed by atoms with Crippen LogP contribution in [-0.4, -0.2) is 54.9 Å². The monoisotopic (exact) mass is 372 g/mol. The molecule has 0 aromatic heterocycles. The van der Waals surface area contributed by atoms with Gasteiger partial charge in [-0.2, -0.15) is 0 Å². The van der Waals surface area contributed by atoms with Gasteiger partial charge in [-0.25, -0.2) is 0 Å². The van der Waals surface area contributed by atoms with Crippen molar-refractivity contribution in [3.05, 3.63) is 27.7 Å². The second-order valence-corrected chi connectivity index (χ2v) is 6.91. The molecule has 1 fully saturated rings. The van der Waals surface area contributed by atoms with Gasteiger partial charge in [-0.3, -0.25) is 9.59 Å². The van der Waals surface area contributed by atoms with Crippen LogP contribution in [0.1, 0.15) is 30.6 Å². The third-order valence-corrected chi connectivity index (χ3v) is 4.67. The number of hydrogen-bond acceptors (Lipinski definition) is 3. The number of carbonyl (C=O) groups is 2. The Kier molecular flexibility index (Phi) is 6.35. The van der Waals surface area contributed by atoms with Crippen LogP contribution in [0.3, 0.4) is 0 Å². The molecule has 0 spiro atoms. The number of carbonyl (C=O) groups excluding carboxylic acids is 2. The maximum absolute atomic E-state index is 12.8. The van der Waals surface area contributed by atoms with E-state index in [2.05, 4.69) is 0 Å². The van der Waals surface area contributed by atoms with Crippen molar-refractivity contribution in [1.29, 1.82) is 0 Å². The molecule has 0 aliphatic carbocycles. The van der Waals surface area contributed by atoms with E-state index in [0.29, 0.717) is 47.5 Å². The lowest BCUT2D eigenvalue weighted by Gasteiger charge is -2.24. The Hall–Kier alpha value is -1.46. The number of halogens is 2. The molecule has 0 unspecified atom stereocenters. The first-order valence-corrected chi connectivity index (χ1v) is 8.71. The predicted molar refractivity (Wildman–Crippen MR) is 95.0 cm³/mol. The van der Waals surface area contributed by atoms with E-state index in [1.807, 2.05) is 18.7 Å². The van der Waals surface area contributed by atoms with Crippen LogP contribution in [0.4, 0.5) is 0 Å². The van der Waals surface area contributed by atoms with Gasteiger partial charge in [0.15, 0.2) is 0 Å². The molecule has 5 nitrogen and oxygen atoms in total. The Balaban J connectivity index is 2.13. The average molecular weight is 373 g/mol. The van der Waals surface area contributed by atoms with Gasteiger partial charge in [0.25, 0.3) is 5.91 Å². The summed E-state index contributed by atoms with van der Waals surface area (Å²) in [6.07, 6.45) is 0.742. The number of amides is 2. The van der Waals surface area contributed by atoms with Crippen molar-refractivity contribution >= 4 is 35.0 Å². The number of nitrogens with zero attached hydrogens (tertiary/aromatic N) is 2. The Labute approximate surface area is 152 Å². The molecule has 1 aromatic rings. The van der Waals surface area contributed by atoms with Crippen LogP contribution >= 0.6 is 23.2 Å². The summed E-state index contributed by atoms with van der Waals surface area (Å²) >= 11 is 12.3. The molecule has 1 saturated heterocycles. The molecule has 0 bridgehead atoms. The van der Waals surface area contributed by atoms with E-state index >= 15 is 0 Å². The molecular weight excluding hydrogens is 351 g/mol. The summed E-state index contributed by atoms with van der Waals surface area (Å²) in [6, 6.07) is 3.08. The second-order valence-electron chi connectivity index (χ2n) is 6.09. The Morgan fingerprint density at radius 3 is 2.29 bits per heavy atom. The summed E-state index contributed by atoms with van der Waals surface area (Å²) in [6.45, 7) is 6.03. The molecule has 0 radical (unpaired) electrons. The third kappa shape index (κ3) is 4.14. The molecule has 24 heavy (non-hydrogen) atoms. The highest BCUT2D eigenvalue weighted by Crippen LogP contribution is 2.31.